The van der Waals surface area contributed by atoms with Gasteiger partial charge in [0.1, 0.15) is 0 Å². The van der Waals surface area contributed by atoms with Crippen molar-refractivity contribution >= 4 is 17.6 Å². The summed E-state index contributed by atoms with van der Waals surface area (Å²) in [5, 5.41) is 20.1. The molecule has 0 fully saturated rings. The minimum absolute atomic E-state index is 0.0819. The molecule has 0 spiro atoms. The van der Waals surface area contributed by atoms with Gasteiger partial charge in [-0.1, -0.05) is 45.9 Å². The highest BCUT2D eigenvalue weighted by atomic mass is 16.6. The molecule has 1 N–H and O–H groups in total. The Kier molecular flexibility index (Phi) is 10.4. The Morgan fingerprint density at radius 1 is 0.956 bits per heavy atom. The van der Waals surface area contributed by atoms with Gasteiger partial charge in [0, 0.05) is 34.8 Å². The van der Waals surface area contributed by atoms with Crippen LogP contribution in [0.2, 0.25) is 0 Å². The number of nitro benzene ring substituents is 1. The lowest BCUT2D eigenvalue weighted by Gasteiger charge is -2.30. The summed E-state index contributed by atoms with van der Waals surface area (Å²) in [7, 11) is 0. The second kappa shape index (κ2) is 14.2. The molecule has 11 heteroatoms. The highest BCUT2D eigenvalue weighted by Gasteiger charge is 2.41. The number of esters is 2. The maximum Gasteiger partial charge on any atom is 0.336 e. The predicted octanol–water partition coefficient (Wildman–Crippen LogP) is 6.48. The highest BCUT2D eigenvalue weighted by molar-refractivity contribution is 6.00. The van der Waals surface area contributed by atoms with Crippen molar-refractivity contribution in [3.8, 4) is 22.7 Å². The number of para-hydroxylation sites is 1. The van der Waals surface area contributed by atoms with Crippen molar-refractivity contribution in [1.82, 2.24) is 15.1 Å². The molecule has 0 aliphatic carbocycles. The smallest absolute Gasteiger partial charge is 0.336 e. The molecular weight excluding hydrogens is 576 g/mol. The number of carbonyl (C=O) groups is 2. The first-order chi connectivity index (χ1) is 21.4. The molecule has 0 saturated carbocycles. The minimum atomic E-state index is -0.955. The van der Waals surface area contributed by atoms with Crippen LogP contribution in [0.1, 0.15) is 59.9 Å². The van der Waals surface area contributed by atoms with E-state index in [0.29, 0.717) is 33.9 Å². The standard InChI is InChI=1S/C34H40N4O7/c1-8-43-28-15-14-24(16-27(28)38(41)42)32-26(17-37(36-32)25-12-10-9-11-13-25)31-29(33(39)44-18-20(2)3)22(6)35-23(7)30(31)34(40)45-19-21(4)5/h9-17,20-21,31,35H,8,18-19H2,1-7H3. The Bertz CT molecular complexity index is 1590. The lowest BCUT2D eigenvalue weighted by Crippen LogP contribution is -2.33. The van der Waals surface area contributed by atoms with Crippen LogP contribution in [0.25, 0.3) is 16.9 Å². The van der Waals surface area contributed by atoms with Crippen molar-refractivity contribution in [3.63, 3.8) is 0 Å². The third-order valence-electron chi connectivity index (χ3n) is 7.10. The van der Waals surface area contributed by atoms with E-state index in [1.54, 1.807) is 37.7 Å². The van der Waals surface area contributed by atoms with Gasteiger partial charge in [0.15, 0.2) is 5.75 Å². The Hall–Kier alpha value is -4.93. The number of benzene rings is 2. The van der Waals surface area contributed by atoms with Crippen LogP contribution in [0.4, 0.5) is 5.69 Å². The molecular formula is C34H40N4O7. The van der Waals surface area contributed by atoms with Crippen LogP contribution in [0.15, 0.2) is 77.3 Å². The molecule has 1 aromatic heterocycles. The number of nitrogens with zero attached hydrogens (tertiary/aromatic N) is 3. The fourth-order valence-electron chi connectivity index (χ4n) is 5.11. The largest absolute Gasteiger partial charge is 0.487 e. The number of dihydropyridines is 1. The molecule has 2 heterocycles. The number of hydrogen-bond acceptors (Lipinski definition) is 9. The van der Waals surface area contributed by atoms with Crippen molar-refractivity contribution in [2.24, 2.45) is 11.8 Å². The monoisotopic (exact) mass is 616 g/mol. The minimum Gasteiger partial charge on any atom is -0.487 e. The molecule has 2 aromatic carbocycles. The van der Waals surface area contributed by atoms with Crippen molar-refractivity contribution in [1.29, 1.82) is 0 Å². The molecule has 0 unspecified atom stereocenters. The van der Waals surface area contributed by atoms with Crippen LogP contribution >= 0.6 is 0 Å². The molecule has 1 aliphatic heterocycles. The number of rotatable bonds is 12. The summed E-state index contributed by atoms with van der Waals surface area (Å²) >= 11 is 0. The molecule has 0 saturated heterocycles. The normalized spacial score (nSPS) is 13.7. The van der Waals surface area contributed by atoms with E-state index in [4.69, 9.17) is 19.3 Å². The van der Waals surface area contributed by atoms with Gasteiger partial charge in [-0.05, 0) is 56.9 Å². The van der Waals surface area contributed by atoms with Crippen LogP contribution in [0.5, 0.6) is 5.75 Å². The van der Waals surface area contributed by atoms with Crippen LogP contribution in [0.3, 0.4) is 0 Å². The summed E-state index contributed by atoms with van der Waals surface area (Å²) in [5.41, 5.74) is 3.21. The highest BCUT2D eigenvalue weighted by Crippen LogP contribution is 2.44. The fourth-order valence-corrected chi connectivity index (χ4v) is 5.11. The summed E-state index contributed by atoms with van der Waals surface area (Å²) in [6.07, 6.45) is 1.74. The van der Waals surface area contributed by atoms with Gasteiger partial charge in [0.05, 0.1) is 53.2 Å². The third-order valence-corrected chi connectivity index (χ3v) is 7.10. The van der Waals surface area contributed by atoms with Gasteiger partial charge in [-0.2, -0.15) is 5.10 Å². The number of aromatic nitrogens is 2. The fraction of sp³-hybridized carbons (Fsp3) is 0.382. The second-order valence-corrected chi connectivity index (χ2v) is 11.7. The number of nitrogens with one attached hydrogen (secondary N) is 1. The van der Waals surface area contributed by atoms with Crippen molar-refractivity contribution in [2.75, 3.05) is 19.8 Å². The maximum atomic E-state index is 13.8. The first-order valence-electron chi connectivity index (χ1n) is 15.0. The lowest BCUT2D eigenvalue weighted by atomic mass is 9.79. The third kappa shape index (κ3) is 7.42. The number of hydrogen-bond donors (Lipinski definition) is 1. The Balaban J connectivity index is 2.01. The summed E-state index contributed by atoms with van der Waals surface area (Å²) in [4.78, 5) is 39.1. The van der Waals surface area contributed by atoms with Crippen LogP contribution in [-0.4, -0.2) is 46.5 Å². The van der Waals surface area contributed by atoms with Crippen molar-refractivity contribution < 1.29 is 28.7 Å². The van der Waals surface area contributed by atoms with E-state index in [1.807, 2.05) is 58.0 Å². The van der Waals surface area contributed by atoms with E-state index in [-0.39, 0.29) is 54.2 Å². The zero-order valence-corrected chi connectivity index (χ0v) is 26.7. The maximum absolute atomic E-state index is 13.8. The number of ether oxygens (including phenoxy) is 3. The van der Waals surface area contributed by atoms with Crippen LogP contribution in [0, 0.1) is 22.0 Å². The molecule has 3 aromatic rings. The average Bonchev–Trinajstić information content (AvgIpc) is 3.44. The topological polar surface area (TPSA) is 135 Å². The van der Waals surface area contributed by atoms with Gasteiger partial charge in [0.25, 0.3) is 0 Å². The molecule has 0 atom stereocenters. The molecule has 4 rings (SSSR count). The zero-order valence-electron chi connectivity index (χ0n) is 26.7. The van der Waals surface area contributed by atoms with Gasteiger partial charge >= 0.3 is 17.6 Å². The van der Waals surface area contributed by atoms with Crippen molar-refractivity contribution in [3.05, 3.63) is 92.9 Å². The summed E-state index contributed by atoms with van der Waals surface area (Å²) in [5.74, 6) is -1.84. The predicted molar refractivity (Wildman–Crippen MR) is 170 cm³/mol. The van der Waals surface area contributed by atoms with Gasteiger partial charge in [-0.25, -0.2) is 14.3 Å². The molecule has 45 heavy (non-hydrogen) atoms. The van der Waals surface area contributed by atoms with Crippen molar-refractivity contribution in [2.45, 2.75) is 54.4 Å². The zero-order chi connectivity index (χ0) is 32.8. The van der Waals surface area contributed by atoms with Gasteiger partial charge in [0.2, 0.25) is 0 Å². The Morgan fingerprint density at radius 2 is 1.53 bits per heavy atom. The SMILES string of the molecule is CCOc1ccc(-c2nn(-c3ccccc3)cc2C2C(C(=O)OCC(C)C)=C(C)NC(C)=C2C(=O)OCC(C)C)cc1[N+](=O)[O-]. The Morgan fingerprint density at radius 3 is 2.04 bits per heavy atom. The second-order valence-electron chi connectivity index (χ2n) is 11.7. The number of nitro groups is 1. The quantitative estimate of drug-likeness (QED) is 0.138. The number of allylic oxidation sites excluding steroid dienone is 2. The molecule has 0 amide bonds. The van der Waals surface area contributed by atoms with E-state index < -0.39 is 22.8 Å². The molecule has 0 bridgehead atoms. The van der Waals surface area contributed by atoms with E-state index >= 15 is 0 Å². The first-order valence-corrected chi connectivity index (χ1v) is 15.0. The van der Waals surface area contributed by atoms with Gasteiger partial charge in [-0.15, -0.1) is 0 Å². The molecule has 238 valence electrons. The van der Waals surface area contributed by atoms with Gasteiger partial charge < -0.3 is 19.5 Å². The molecule has 11 nitrogen and oxygen atoms in total. The molecule has 0 radical (unpaired) electrons. The summed E-state index contributed by atoms with van der Waals surface area (Å²) in [6.45, 7) is 13.6. The van der Waals surface area contributed by atoms with Gasteiger partial charge in [-0.3, -0.25) is 10.1 Å². The van der Waals surface area contributed by atoms with E-state index in [2.05, 4.69) is 5.32 Å². The summed E-state index contributed by atoms with van der Waals surface area (Å²) < 4.78 is 18.6. The van der Waals surface area contributed by atoms with E-state index in [9.17, 15) is 19.7 Å². The summed E-state index contributed by atoms with van der Waals surface area (Å²) in [6, 6.07) is 13.9. The lowest BCUT2D eigenvalue weighted by molar-refractivity contribution is -0.385. The molecule has 1 aliphatic rings. The average molecular weight is 617 g/mol. The first kappa shape index (κ1) is 33.0. The van der Waals surface area contributed by atoms with E-state index in [1.165, 1.54) is 12.1 Å². The van der Waals surface area contributed by atoms with Crippen LogP contribution in [-0.2, 0) is 19.1 Å². The van der Waals surface area contributed by atoms with E-state index in [0.717, 1.165) is 0 Å². The number of carbonyl (C=O) groups excluding carboxylic acids is 2. The van der Waals surface area contributed by atoms with Crippen LogP contribution < -0.4 is 10.1 Å². The Labute approximate surface area is 263 Å².